The number of hydrogen-bond donors (Lipinski definition) is 1. The number of carbonyl (C=O) groups excluding carboxylic acids is 1. The number of hydrogen-bond acceptors (Lipinski definition) is 2. The van der Waals surface area contributed by atoms with Crippen molar-refractivity contribution in [3.63, 3.8) is 0 Å². The quantitative estimate of drug-likeness (QED) is 0.807. The number of likely N-dealkylation sites (tertiary alicyclic amines) is 2. The number of carboxylic acid groups (broad SMARTS) is 1. The number of carboxylic acids is 1. The Hall–Kier alpha value is -1.47. The molecule has 0 spiro atoms. The minimum Gasteiger partial charge on any atom is -0.481 e. The molecule has 2 saturated heterocycles. The first-order chi connectivity index (χ1) is 9.79. The Balaban J connectivity index is 1.88. The van der Waals surface area contributed by atoms with Crippen LogP contribution in [0.25, 0.3) is 0 Å². The SMILES string of the molecule is O=C(O)[C@H]1CCCN(C(=O)N2CCC(C(F)(F)F)CC2)C1. The molecule has 0 bridgehead atoms. The van der Waals surface area contributed by atoms with Crippen LogP contribution in [0.5, 0.6) is 0 Å². The third kappa shape index (κ3) is 3.79. The van der Waals surface area contributed by atoms with Crippen molar-refractivity contribution in [3.8, 4) is 0 Å². The molecule has 8 heteroatoms. The minimum absolute atomic E-state index is 0.0779. The van der Waals surface area contributed by atoms with Crippen molar-refractivity contribution in [3.05, 3.63) is 0 Å². The number of piperidine rings is 2. The van der Waals surface area contributed by atoms with Crippen LogP contribution in [0.1, 0.15) is 25.7 Å². The van der Waals surface area contributed by atoms with Crippen LogP contribution in [0, 0.1) is 11.8 Å². The van der Waals surface area contributed by atoms with Gasteiger partial charge in [-0.1, -0.05) is 0 Å². The summed E-state index contributed by atoms with van der Waals surface area (Å²) in [5.41, 5.74) is 0. The van der Waals surface area contributed by atoms with Crippen LogP contribution >= 0.6 is 0 Å². The van der Waals surface area contributed by atoms with E-state index in [1.165, 1.54) is 9.80 Å². The highest BCUT2D eigenvalue weighted by atomic mass is 19.4. The Bertz CT molecular complexity index is 406. The Morgan fingerprint density at radius 2 is 1.62 bits per heavy atom. The normalized spacial score (nSPS) is 25.0. The van der Waals surface area contributed by atoms with Crippen molar-refractivity contribution in [2.75, 3.05) is 26.2 Å². The first kappa shape index (κ1) is 15.9. The summed E-state index contributed by atoms with van der Waals surface area (Å²) in [4.78, 5) is 26.1. The van der Waals surface area contributed by atoms with Gasteiger partial charge in [-0.15, -0.1) is 0 Å². The summed E-state index contributed by atoms with van der Waals surface area (Å²) in [5.74, 6) is -2.84. The third-order valence-corrected chi connectivity index (χ3v) is 4.27. The van der Waals surface area contributed by atoms with Gasteiger partial charge in [0.05, 0.1) is 11.8 Å². The van der Waals surface area contributed by atoms with Gasteiger partial charge in [-0.25, -0.2) is 4.79 Å². The van der Waals surface area contributed by atoms with Gasteiger partial charge in [0.1, 0.15) is 0 Å². The fourth-order valence-corrected chi connectivity index (χ4v) is 2.95. The topological polar surface area (TPSA) is 60.9 Å². The van der Waals surface area contributed by atoms with Gasteiger partial charge in [0.15, 0.2) is 0 Å². The molecule has 0 aliphatic carbocycles. The summed E-state index contributed by atoms with van der Waals surface area (Å²) in [6.45, 7) is 0.781. The lowest BCUT2D eigenvalue weighted by molar-refractivity contribution is -0.183. The second kappa shape index (κ2) is 6.11. The van der Waals surface area contributed by atoms with E-state index < -0.39 is 24.0 Å². The highest BCUT2D eigenvalue weighted by Gasteiger charge is 2.42. The third-order valence-electron chi connectivity index (χ3n) is 4.27. The average Bonchev–Trinajstić information content (AvgIpc) is 2.46. The van der Waals surface area contributed by atoms with Crippen molar-refractivity contribution in [2.45, 2.75) is 31.9 Å². The van der Waals surface area contributed by atoms with E-state index in [9.17, 15) is 22.8 Å². The van der Waals surface area contributed by atoms with Crippen molar-refractivity contribution >= 4 is 12.0 Å². The van der Waals surface area contributed by atoms with Crippen LogP contribution < -0.4 is 0 Å². The molecular weight excluding hydrogens is 289 g/mol. The van der Waals surface area contributed by atoms with Gasteiger partial charge < -0.3 is 14.9 Å². The Labute approximate surface area is 120 Å². The molecule has 1 atom stereocenters. The number of alkyl halides is 3. The standard InChI is InChI=1S/C13H19F3N2O3/c14-13(15,16)10-3-6-17(7-4-10)12(21)18-5-1-2-9(8-18)11(19)20/h9-10H,1-8H2,(H,19,20)/t9-/m0/s1. The van der Waals surface area contributed by atoms with Crippen LogP contribution in [0.4, 0.5) is 18.0 Å². The zero-order chi connectivity index (χ0) is 15.6. The van der Waals surface area contributed by atoms with Crippen LogP contribution in [0.2, 0.25) is 0 Å². The molecule has 0 radical (unpaired) electrons. The Morgan fingerprint density at radius 1 is 1.00 bits per heavy atom. The van der Waals surface area contributed by atoms with E-state index in [0.717, 1.165) is 0 Å². The molecule has 0 aromatic heterocycles. The number of rotatable bonds is 1. The lowest BCUT2D eigenvalue weighted by Gasteiger charge is -2.38. The molecule has 0 unspecified atom stereocenters. The van der Waals surface area contributed by atoms with Gasteiger partial charge in [0.25, 0.3) is 0 Å². The number of urea groups is 1. The van der Waals surface area contributed by atoms with E-state index in [4.69, 9.17) is 5.11 Å². The van der Waals surface area contributed by atoms with Crippen LogP contribution in [-0.2, 0) is 4.79 Å². The smallest absolute Gasteiger partial charge is 0.391 e. The number of halogens is 3. The van der Waals surface area contributed by atoms with Crippen LogP contribution in [0.3, 0.4) is 0 Å². The summed E-state index contributed by atoms with van der Waals surface area (Å²) >= 11 is 0. The molecule has 2 fully saturated rings. The Morgan fingerprint density at radius 3 is 2.14 bits per heavy atom. The van der Waals surface area contributed by atoms with Gasteiger partial charge in [-0.2, -0.15) is 13.2 Å². The minimum atomic E-state index is -4.20. The summed E-state index contributed by atoms with van der Waals surface area (Å²) in [6.07, 6.45) is -3.21. The zero-order valence-corrected chi connectivity index (χ0v) is 11.6. The molecule has 2 rings (SSSR count). The van der Waals surface area contributed by atoms with E-state index in [2.05, 4.69) is 0 Å². The molecule has 120 valence electrons. The highest BCUT2D eigenvalue weighted by Crippen LogP contribution is 2.34. The lowest BCUT2D eigenvalue weighted by atomic mass is 9.96. The molecule has 5 nitrogen and oxygen atoms in total. The largest absolute Gasteiger partial charge is 0.481 e. The number of nitrogens with zero attached hydrogens (tertiary/aromatic N) is 2. The maximum absolute atomic E-state index is 12.6. The molecular formula is C13H19F3N2O3. The predicted octanol–water partition coefficient (Wildman–Crippen LogP) is 2.18. The van der Waals surface area contributed by atoms with E-state index in [0.29, 0.717) is 19.4 Å². The van der Waals surface area contributed by atoms with Crippen molar-refractivity contribution in [1.29, 1.82) is 0 Å². The number of amides is 2. The monoisotopic (exact) mass is 308 g/mol. The Kier molecular flexibility index (Phi) is 4.63. The fraction of sp³-hybridized carbons (Fsp3) is 0.846. The van der Waals surface area contributed by atoms with Crippen LogP contribution in [-0.4, -0.2) is 59.3 Å². The first-order valence-corrected chi connectivity index (χ1v) is 7.12. The van der Waals surface area contributed by atoms with Gasteiger partial charge >= 0.3 is 18.2 Å². The van der Waals surface area contributed by atoms with Gasteiger partial charge in [-0.3, -0.25) is 4.79 Å². The van der Waals surface area contributed by atoms with E-state index in [1.807, 2.05) is 0 Å². The van der Waals surface area contributed by atoms with Crippen LogP contribution in [0.15, 0.2) is 0 Å². The van der Waals surface area contributed by atoms with Gasteiger partial charge in [0, 0.05) is 26.2 Å². The zero-order valence-electron chi connectivity index (χ0n) is 11.6. The summed E-state index contributed by atoms with van der Waals surface area (Å²) < 4.78 is 37.8. The van der Waals surface area contributed by atoms with Gasteiger partial charge in [0.2, 0.25) is 0 Å². The first-order valence-electron chi connectivity index (χ1n) is 7.12. The molecule has 2 heterocycles. The highest BCUT2D eigenvalue weighted by molar-refractivity contribution is 5.76. The maximum atomic E-state index is 12.6. The summed E-state index contributed by atoms with van der Waals surface area (Å²) in [7, 11) is 0. The molecule has 0 saturated carbocycles. The number of carbonyl (C=O) groups is 2. The maximum Gasteiger partial charge on any atom is 0.391 e. The molecule has 0 aromatic rings. The second-order valence-electron chi connectivity index (χ2n) is 5.71. The molecule has 1 N–H and O–H groups in total. The molecule has 2 amide bonds. The van der Waals surface area contributed by atoms with E-state index in [1.54, 1.807) is 0 Å². The summed E-state index contributed by atoms with van der Waals surface area (Å²) in [6, 6.07) is -0.332. The molecule has 2 aliphatic rings. The fourth-order valence-electron chi connectivity index (χ4n) is 2.95. The molecule has 0 aromatic carbocycles. The molecule has 21 heavy (non-hydrogen) atoms. The molecule has 2 aliphatic heterocycles. The summed E-state index contributed by atoms with van der Waals surface area (Å²) in [5, 5.41) is 9.00. The number of aliphatic carboxylic acids is 1. The van der Waals surface area contributed by atoms with Crippen molar-refractivity contribution in [1.82, 2.24) is 9.80 Å². The predicted molar refractivity (Wildman–Crippen MR) is 67.7 cm³/mol. The lowest BCUT2D eigenvalue weighted by Crippen LogP contribution is -2.51. The second-order valence-corrected chi connectivity index (χ2v) is 5.71. The average molecular weight is 308 g/mol. The van der Waals surface area contributed by atoms with Gasteiger partial charge in [-0.05, 0) is 25.7 Å². The van der Waals surface area contributed by atoms with E-state index in [-0.39, 0.29) is 38.5 Å². The van der Waals surface area contributed by atoms with Crippen molar-refractivity contribution in [2.24, 2.45) is 11.8 Å². The van der Waals surface area contributed by atoms with Crippen molar-refractivity contribution < 1.29 is 27.9 Å². The van der Waals surface area contributed by atoms with E-state index >= 15 is 0 Å².